The van der Waals surface area contributed by atoms with Crippen LogP contribution in [0.25, 0.3) is 0 Å². The number of carbonyl (C=O) groups is 1. The predicted molar refractivity (Wildman–Crippen MR) is 125 cm³/mol. The van der Waals surface area contributed by atoms with Crippen LogP contribution in [-0.4, -0.2) is 35.6 Å². The van der Waals surface area contributed by atoms with Crippen molar-refractivity contribution in [1.82, 2.24) is 15.2 Å². The average molecular weight is 482 g/mol. The Hall–Kier alpha value is -3.39. The van der Waals surface area contributed by atoms with Gasteiger partial charge < -0.3 is 15.0 Å². The van der Waals surface area contributed by atoms with Gasteiger partial charge in [0.2, 0.25) is 0 Å². The summed E-state index contributed by atoms with van der Waals surface area (Å²) in [5.41, 5.74) is 3.07. The number of carbonyl (C=O) groups excluding carboxylic acids is 1. The molecule has 0 bridgehead atoms. The first-order valence-electron chi connectivity index (χ1n) is 11.8. The largest absolute Gasteiger partial charge is 0.454 e. The van der Waals surface area contributed by atoms with Gasteiger partial charge in [-0.05, 0) is 67.1 Å². The van der Waals surface area contributed by atoms with E-state index in [9.17, 15) is 18.0 Å². The first-order valence-corrected chi connectivity index (χ1v) is 11.8. The van der Waals surface area contributed by atoms with Crippen LogP contribution >= 0.6 is 0 Å². The predicted octanol–water partition coefficient (Wildman–Crippen LogP) is 5.36. The Morgan fingerprint density at radius 1 is 1.11 bits per heavy atom. The highest BCUT2D eigenvalue weighted by Gasteiger charge is 2.41. The van der Waals surface area contributed by atoms with Crippen LogP contribution in [0.15, 0.2) is 54.6 Å². The highest BCUT2D eigenvalue weighted by molar-refractivity contribution is 5.97. The third-order valence-electron chi connectivity index (χ3n) is 6.43. The fourth-order valence-electron chi connectivity index (χ4n) is 4.60. The normalized spacial score (nSPS) is 16.2. The van der Waals surface area contributed by atoms with E-state index in [4.69, 9.17) is 9.72 Å². The van der Waals surface area contributed by atoms with Gasteiger partial charge in [-0.2, -0.15) is 0 Å². The molecule has 1 aliphatic carbocycles. The molecule has 1 atom stereocenters. The topological polar surface area (TPSA) is 54.5 Å². The Bertz CT molecular complexity index is 1230. The molecule has 1 amide bonds. The van der Waals surface area contributed by atoms with E-state index in [-0.39, 0.29) is 24.2 Å². The average Bonchev–Trinajstić information content (AvgIpc) is 3.69. The van der Waals surface area contributed by atoms with E-state index in [0.29, 0.717) is 36.7 Å². The van der Waals surface area contributed by atoms with Crippen molar-refractivity contribution in [2.45, 2.75) is 31.8 Å². The van der Waals surface area contributed by atoms with Gasteiger partial charge in [-0.25, -0.2) is 13.2 Å². The standard InChI is InChI=1S/C27H26F3N3O2/c28-11-12-31-16-20-2-1-3-24(32-20)26(18-4-5-18)33-13-10-17-6-8-21(15-22(17)27(33)34)35-25-9-7-19(29)14-23(25)30/h1-3,6-9,14-15,18,26,31H,4-5,10-13,16H2/t26-/m1/s1. The zero-order chi connectivity index (χ0) is 24.4. The van der Waals surface area contributed by atoms with Crippen LogP contribution in [0.1, 0.15) is 46.2 Å². The molecule has 0 spiro atoms. The van der Waals surface area contributed by atoms with Gasteiger partial charge in [0.05, 0.1) is 17.4 Å². The number of alkyl halides is 1. The molecule has 1 aliphatic heterocycles. The molecule has 0 radical (unpaired) electrons. The van der Waals surface area contributed by atoms with Gasteiger partial charge in [0.1, 0.15) is 18.2 Å². The molecule has 0 unspecified atom stereocenters. The van der Waals surface area contributed by atoms with Gasteiger partial charge in [-0.1, -0.05) is 12.1 Å². The first kappa shape index (κ1) is 23.4. The van der Waals surface area contributed by atoms with Gasteiger partial charge in [0, 0.05) is 31.3 Å². The molecule has 2 heterocycles. The number of ether oxygens (including phenoxy) is 1. The number of hydrogen-bond donors (Lipinski definition) is 1. The molecule has 3 aromatic rings. The maximum absolute atomic E-state index is 14.1. The van der Waals surface area contributed by atoms with Gasteiger partial charge >= 0.3 is 0 Å². The summed E-state index contributed by atoms with van der Waals surface area (Å²) in [7, 11) is 0. The highest BCUT2D eigenvalue weighted by atomic mass is 19.1. The van der Waals surface area contributed by atoms with Gasteiger partial charge in [0.25, 0.3) is 5.91 Å². The van der Waals surface area contributed by atoms with Crippen LogP contribution < -0.4 is 10.1 Å². The quantitative estimate of drug-likeness (QED) is 0.418. The van der Waals surface area contributed by atoms with E-state index >= 15 is 0 Å². The van der Waals surface area contributed by atoms with Crippen molar-refractivity contribution in [3.05, 3.63) is 88.7 Å². The molecule has 5 rings (SSSR count). The fraction of sp³-hybridized carbons (Fsp3) is 0.333. The Morgan fingerprint density at radius 2 is 1.97 bits per heavy atom. The molecule has 0 saturated heterocycles. The summed E-state index contributed by atoms with van der Waals surface area (Å²) in [6.07, 6.45) is 2.74. The fourth-order valence-corrected chi connectivity index (χ4v) is 4.60. The van der Waals surface area contributed by atoms with Crippen molar-refractivity contribution < 1.29 is 22.7 Å². The Morgan fingerprint density at radius 3 is 2.74 bits per heavy atom. The van der Waals surface area contributed by atoms with Crippen LogP contribution in [0.5, 0.6) is 11.5 Å². The number of amides is 1. The second kappa shape index (κ2) is 10.1. The minimum atomic E-state index is -0.809. The van der Waals surface area contributed by atoms with Crippen LogP contribution in [0.3, 0.4) is 0 Å². The maximum Gasteiger partial charge on any atom is 0.254 e. The van der Waals surface area contributed by atoms with E-state index in [2.05, 4.69) is 5.32 Å². The number of rotatable bonds is 9. The molecular weight excluding hydrogens is 455 g/mol. The van der Waals surface area contributed by atoms with Crippen molar-refractivity contribution in [3.8, 4) is 11.5 Å². The smallest absolute Gasteiger partial charge is 0.254 e. The summed E-state index contributed by atoms with van der Waals surface area (Å²) in [4.78, 5) is 20.3. The number of halogens is 3. The molecule has 35 heavy (non-hydrogen) atoms. The van der Waals surface area contributed by atoms with Crippen LogP contribution in [0, 0.1) is 17.6 Å². The Balaban J connectivity index is 1.39. The lowest BCUT2D eigenvalue weighted by Crippen LogP contribution is -2.41. The summed E-state index contributed by atoms with van der Waals surface area (Å²) in [6.45, 7) is 0.871. The van der Waals surface area contributed by atoms with Gasteiger partial charge in [-0.3, -0.25) is 9.78 Å². The molecule has 2 aromatic carbocycles. The molecule has 5 nitrogen and oxygen atoms in total. The Labute approximate surface area is 201 Å². The molecule has 1 N–H and O–H groups in total. The van der Waals surface area contributed by atoms with E-state index < -0.39 is 18.3 Å². The second-order valence-electron chi connectivity index (χ2n) is 8.95. The number of hydrogen-bond acceptors (Lipinski definition) is 4. The lowest BCUT2D eigenvalue weighted by Gasteiger charge is -2.36. The molecule has 1 aromatic heterocycles. The van der Waals surface area contributed by atoms with Gasteiger partial charge in [-0.15, -0.1) is 0 Å². The number of aromatic nitrogens is 1. The number of nitrogens with zero attached hydrogens (tertiary/aromatic N) is 2. The molecule has 8 heteroatoms. The van der Waals surface area contributed by atoms with Gasteiger partial charge in [0.15, 0.2) is 11.6 Å². The van der Waals surface area contributed by atoms with Crippen molar-refractivity contribution >= 4 is 5.91 Å². The number of nitrogens with one attached hydrogen (secondary N) is 1. The zero-order valence-electron chi connectivity index (χ0n) is 19.1. The van der Waals surface area contributed by atoms with E-state index in [0.717, 1.165) is 41.9 Å². The minimum absolute atomic E-state index is 0.107. The number of fused-ring (bicyclic) bond motifs is 1. The maximum atomic E-state index is 14.1. The summed E-state index contributed by atoms with van der Waals surface area (Å²) in [5, 5.41) is 3.02. The molecular formula is C27H26F3N3O2. The summed E-state index contributed by atoms with van der Waals surface area (Å²) in [6, 6.07) is 13.9. The molecule has 2 aliphatic rings. The number of pyridine rings is 1. The third kappa shape index (κ3) is 5.17. The number of benzene rings is 2. The lowest BCUT2D eigenvalue weighted by molar-refractivity contribution is 0.0627. The van der Waals surface area contributed by atoms with Crippen LogP contribution in [-0.2, 0) is 13.0 Å². The highest BCUT2D eigenvalue weighted by Crippen LogP contribution is 2.45. The van der Waals surface area contributed by atoms with E-state index in [1.54, 1.807) is 12.1 Å². The minimum Gasteiger partial charge on any atom is -0.454 e. The van der Waals surface area contributed by atoms with Crippen molar-refractivity contribution in [3.63, 3.8) is 0 Å². The Kier molecular flexibility index (Phi) is 6.72. The molecule has 1 fully saturated rings. The summed E-state index contributed by atoms with van der Waals surface area (Å²) < 4.78 is 45.4. The van der Waals surface area contributed by atoms with Crippen LogP contribution in [0.2, 0.25) is 0 Å². The summed E-state index contributed by atoms with van der Waals surface area (Å²) in [5.74, 6) is -1.06. The zero-order valence-corrected chi connectivity index (χ0v) is 19.1. The second-order valence-corrected chi connectivity index (χ2v) is 8.95. The summed E-state index contributed by atoms with van der Waals surface area (Å²) >= 11 is 0. The van der Waals surface area contributed by atoms with E-state index in [1.807, 2.05) is 29.2 Å². The monoisotopic (exact) mass is 481 g/mol. The van der Waals surface area contributed by atoms with Crippen molar-refractivity contribution in [2.24, 2.45) is 5.92 Å². The first-order chi connectivity index (χ1) is 17.0. The van der Waals surface area contributed by atoms with Crippen molar-refractivity contribution in [1.29, 1.82) is 0 Å². The van der Waals surface area contributed by atoms with Crippen LogP contribution in [0.4, 0.5) is 13.2 Å². The SMILES string of the molecule is O=C1c2cc(Oc3ccc(F)cc3F)ccc2CCN1[C@@H](c1cccc(CNCCF)n1)C1CC1. The lowest BCUT2D eigenvalue weighted by atomic mass is 9.95. The molecule has 182 valence electrons. The molecule has 1 saturated carbocycles. The van der Waals surface area contributed by atoms with Crippen molar-refractivity contribution in [2.75, 3.05) is 19.8 Å². The van der Waals surface area contributed by atoms with E-state index in [1.165, 1.54) is 6.07 Å². The third-order valence-corrected chi connectivity index (χ3v) is 6.43.